The Labute approximate surface area is 202 Å². The number of anilines is 1. The first-order valence-electron chi connectivity index (χ1n) is 11.5. The number of aryl methyl sites for hydroxylation is 1. The number of halogens is 2. The van der Waals surface area contributed by atoms with E-state index in [2.05, 4.69) is 15.2 Å². The van der Waals surface area contributed by atoms with Crippen LogP contribution >= 0.6 is 0 Å². The first-order valence-corrected chi connectivity index (χ1v) is 11.5. The summed E-state index contributed by atoms with van der Waals surface area (Å²) in [7, 11) is 2.04. The summed E-state index contributed by atoms with van der Waals surface area (Å²) in [6.45, 7) is 6.69. The van der Waals surface area contributed by atoms with Gasteiger partial charge in [-0.05, 0) is 56.3 Å². The smallest absolute Gasteiger partial charge is 0.256 e. The molecule has 1 saturated heterocycles. The van der Waals surface area contributed by atoms with Crippen LogP contribution in [0.2, 0.25) is 0 Å². The molecule has 2 amide bonds. The van der Waals surface area contributed by atoms with Crippen LogP contribution in [0.15, 0.2) is 36.4 Å². The van der Waals surface area contributed by atoms with Crippen molar-refractivity contribution in [2.45, 2.75) is 13.8 Å². The van der Waals surface area contributed by atoms with Crippen LogP contribution in [-0.4, -0.2) is 59.8 Å². The lowest BCUT2D eigenvalue weighted by Gasteiger charge is -2.32. The Kier molecular flexibility index (Phi) is 5.76. The van der Waals surface area contributed by atoms with Crippen LogP contribution in [0.1, 0.15) is 32.9 Å². The van der Waals surface area contributed by atoms with E-state index in [1.165, 1.54) is 12.1 Å². The van der Waals surface area contributed by atoms with Crippen LogP contribution in [0.4, 0.5) is 14.5 Å². The summed E-state index contributed by atoms with van der Waals surface area (Å²) >= 11 is 0. The van der Waals surface area contributed by atoms with Gasteiger partial charge >= 0.3 is 0 Å². The number of rotatable bonds is 3. The van der Waals surface area contributed by atoms with Gasteiger partial charge in [0.25, 0.3) is 11.8 Å². The summed E-state index contributed by atoms with van der Waals surface area (Å²) in [6, 6.07) is 8.57. The van der Waals surface area contributed by atoms with Gasteiger partial charge < -0.3 is 20.1 Å². The van der Waals surface area contributed by atoms with Gasteiger partial charge in [0.15, 0.2) is 0 Å². The summed E-state index contributed by atoms with van der Waals surface area (Å²) in [5.41, 5.74) is 4.88. The van der Waals surface area contributed by atoms with Crippen molar-refractivity contribution >= 4 is 29.2 Å². The highest BCUT2D eigenvalue weighted by Crippen LogP contribution is 2.41. The monoisotopic (exact) mass is 476 g/mol. The van der Waals surface area contributed by atoms with Gasteiger partial charge in [0.05, 0.1) is 11.1 Å². The molecular weight excluding hydrogens is 450 g/mol. The van der Waals surface area contributed by atoms with Crippen LogP contribution in [0.3, 0.4) is 0 Å². The van der Waals surface area contributed by atoms with E-state index in [0.29, 0.717) is 46.7 Å². The SMILES string of the molecule is Cc1[nH]c(/C=C2\C(=O)Nc3cccc(-c4ccc(F)cc4F)c32)c(C)c1C(=O)N1CCN(C)CC1. The molecule has 0 spiro atoms. The maximum Gasteiger partial charge on any atom is 0.256 e. The van der Waals surface area contributed by atoms with Gasteiger partial charge in [0.1, 0.15) is 11.6 Å². The highest BCUT2D eigenvalue weighted by atomic mass is 19.1. The minimum atomic E-state index is -0.705. The molecule has 3 aromatic rings. The number of hydrogen-bond acceptors (Lipinski definition) is 3. The van der Waals surface area contributed by atoms with Crippen LogP contribution in [0, 0.1) is 25.5 Å². The minimum absolute atomic E-state index is 0.0284. The molecule has 3 heterocycles. The second-order valence-electron chi connectivity index (χ2n) is 9.12. The first-order chi connectivity index (χ1) is 16.7. The predicted octanol–water partition coefficient (Wildman–Crippen LogP) is 4.46. The highest BCUT2D eigenvalue weighted by Gasteiger charge is 2.30. The molecule has 6 nitrogen and oxygen atoms in total. The average molecular weight is 477 g/mol. The zero-order chi connectivity index (χ0) is 24.9. The Morgan fingerprint density at radius 3 is 2.49 bits per heavy atom. The minimum Gasteiger partial charge on any atom is -0.358 e. The second kappa shape index (κ2) is 8.78. The van der Waals surface area contributed by atoms with Crippen molar-refractivity contribution in [3.63, 3.8) is 0 Å². The number of H-pyrrole nitrogens is 1. The van der Waals surface area contributed by atoms with E-state index in [4.69, 9.17) is 0 Å². The Bertz CT molecular complexity index is 1380. The molecule has 8 heteroatoms. The predicted molar refractivity (Wildman–Crippen MR) is 132 cm³/mol. The van der Waals surface area contributed by atoms with Gasteiger partial charge in [-0.1, -0.05) is 12.1 Å². The largest absolute Gasteiger partial charge is 0.358 e. The quantitative estimate of drug-likeness (QED) is 0.549. The zero-order valence-electron chi connectivity index (χ0n) is 19.8. The molecule has 0 unspecified atom stereocenters. The molecule has 35 heavy (non-hydrogen) atoms. The second-order valence-corrected chi connectivity index (χ2v) is 9.12. The number of hydrogen-bond donors (Lipinski definition) is 2. The van der Waals surface area contributed by atoms with E-state index >= 15 is 0 Å². The normalized spacial score (nSPS) is 17.1. The molecule has 0 atom stereocenters. The summed E-state index contributed by atoms with van der Waals surface area (Å²) in [5.74, 6) is -1.73. The van der Waals surface area contributed by atoms with Gasteiger partial charge in [-0.2, -0.15) is 0 Å². The van der Waals surface area contributed by atoms with Crippen molar-refractivity contribution in [3.8, 4) is 11.1 Å². The van der Waals surface area contributed by atoms with E-state index in [1.54, 1.807) is 24.3 Å². The third kappa shape index (κ3) is 4.04. The van der Waals surface area contributed by atoms with E-state index in [0.717, 1.165) is 30.4 Å². The van der Waals surface area contributed by atoms with Crippen LogP contribution in [0.5, 0.6) is 0 Å². The number of carbonyl (C=O) groups is 2. The van der Waals surface area contributed by atoms with E-state index in [1.807, 2.05) is 25.8 Å². The van der Waals surface area contributed by atoms with Crippen LogP contribution in [-0.2, 0) is 4.79 Å². The van der Waals surface area contributed by atoms with E-state index in [-0.39, 0.29) is 17.4 Å². The van der Waals surface area contributed by atoms with Gasteiger partial charge in [-0.15, -0.1) is 0 Å². The number of fused-ring (bicyclic) bond motifs is 1. The van der Waals surface area contributed by atoms with Gasteiger partial charge in [0.2, 0.25) is 0 Å². The van der Waals surface area contributed by atoms with E-state index in [9.17, 15) is 18.4 Å². The highest BCUT2D eigenvalue weighted by molar-refractivity contribution is 6.36. The number of nitrogens with zero attached hydrogens (tertiary/aromatic N) is 2. The molecule has 2 aliphatic heterocycles. The number of amides is 2. The number of benzene rings is 2. The lowest BCUT2D eigenvalue weighted by Crippen LogP contribution is -2.47. The van der Waals surface area contributed by atoms with Crippen molar-refractivity contribution in [2.24, 2.45) is 0 Å². The molecule has 0 bridgehead atoms. The first kappa shape index (κ1) is 23.0. The fraction of sp³-hybridized carbons (Fsp3) is 0.259. The maximum atomic E-state index is 14.6. The Hall–Kier alpha value is -3.78. The zero-order valence-corrected chi connectivity index (χ0v) is 19.8. The van der Waals surface area contributed by atoms with Crippen LogP contribution in [0.25, 0.3) is 22.8 Å². The fourth-order valence-electron chi connectivity index (χ4n) is 4.87. The van der Waals surface area contributed by atoms with Crippen molar-refractivity contribution in [2.75, 3.05) is 38.5 Å². The number of aromatic nitrogens is 1. The standard InChI is InChI=1S/C27H26F2N4O2/c1-15-23(30-16(2)24(15)27(35)33-11-9-32(3)10-12-33)14-20-25-19(5-4-6-22(25)31-26(20)34)18-8-7-17(28)13-21(18)29/h4-8,13-14,30H,9-12H2,1-3H3,(H,31,34)/b20-14-. The molecule has 5 rings (SSSR count). The molecule has 0 aliphatic carbocycles. The topological polar surface area (TPSA) is 68.4 Å². The van der Waals surface area contributed by atoms with Gasteiger partial charge in [0, 0.05) is 60.4 Å². The molecule has 0 radical (unpaired) electrons. The van der Waals surface area contributed by atoms with Crippen molar-refractivity contribution in [1.82, 2.24) is 14.8 Å². The fourth-order valence-corrected chi connectivity index (χ4v) is 4.87. The number of likely N-dealkylation sites (N-methyl/N-ethyl adjacent to an activating group) is 1. The third-order valence-corrected chi connectivity index (χ3v) is 6.82. The Morgan fingerprint density at radius 1 is 1.03 bits per heavy atom. The Morgan fingerprint density at radius 2 is 1.77 bits per heavy atom. The summed E-state index contributed by atoms with van der Waals surface area (Å²) in [5, 5.41) is 2.83. The third-order valence-electron chi connectivity index (χ3n) is 6.82. The molecule has 2 N–H and O–H groups in total. The molecule has 1 aromatic heterocycles. The van der Waals surface area contributed by atoms with Crippen molar-refractivity contribution in [3.05, 3.63) is 76.1 Å². The van der Waals surface area contributed by atoms with Crippen molar-refractivity contribution < 1.29 is 18.4 Å². The van der Waals surface area contributed by atoms with Gasteiger partial charge in [-0.25, -0.2) is 8.78 Å². The molecule has 0 saturated carbocycles. The number of piperazine rings is 1. The van der Waals surface area contributed by atoms with Gasteiger partial charge in [-0.3, -0.25) is 9.59 Å². The molecule has 1 fully saturated rings. The lowest BCUT2D eigenvalue weighted by atomic mass is 9.93. The molecule has 2 aliphatic rings. The summed E-state index contributed by atoms with van der Waals surface area (Å²) in [6.07, 6.45) is 1.70. The maximum absolute atomic E-state index is 14.6. The molecule has 2 aromatic carbocycles. The number of carbonyl (C=O) groups excluding carboxylic acids is 2. The number of nitrogens with one attached hydrogen (secondary N) is 2. The molecular formula is C27H26F2N4O2. The molecule has 180 valence electrons. The van der Waals surface area contributed by atoms with E-state index < -0.39 is 11.6 Å². The lowest BCUT2D eigenvalue weighted by molar-refractivity contribution is -0.110. The average Bonchev–Trinajstić information content (AvgIpc) is 3.29. The summed E-state index contributed by atoms with van der Waals surface area (Å²) in [4.78, 5) is 33.5. The summed E-state index contributed by atoms with van der Waals surface area (Å²) < 4.78 is 28.2. The van der Waals surface area contributed by atoms with Crippen molar-refractivity contribution in [1.29, 1.82) is 0 Å². The van der Waals surface area contributed by atoms with Crippen LogP contribution < -0.4 is 5.32 Å². The number of aromatic amines is 1. The Balaban J connectivity index is 1.57.